The van der Waals surface area contributed by atoms with Crippen molar-refractivity contribution in [3.8, 4) is 0 Å². The van der Waals surface area contributed by atoms with Crippen LogP contribution in [0.3, 0.4) is 0 Å². The Morgan fingerprint density at radius 3 is 2.69 bits per heavy atom. The Morgan fingerprint density at radius 1 is 1.69 bits per heavy atom. The molecule has 0 saturated carbocycles. The third-order valence-electron chi connectivity index (χ3n) is 1.18. The lowest BCUT2D eigenvalue weighted by Crippen LogP contribution is -2.27. The third kappa shape index (κ3) is 4.97. The van der Waals surface area contributed by atoms with E-state index < -0.39 is 18.7 Å². The Morgan fingerprint density at radius 2 is 2.31 bits per heavy atom. The lowest BCUT2D eigenvalue weighted by molar-refractivity contribution is -0.152. The van der Waals surface area contributed by atoms with Gasteiger partial charge >= 0.3 is 5.97 Å². The van der Waals surface area contributed by atoms with Crippen LogP contribution in [0.2, 0.25) is 0 Å². The Kier molecular flexibility index (Phi) is 5.54. The van der Waals surface area contributed by atoms with Gasteiger partial charge < -0.3 is 14.6 Å². The average Bonchev–Trinajstić information content (AvgIpc) is 2.11. The zero-order chi connectivity index (χ0) is 10.3. The molecule has 0 bridgehead atoms. The van der Waals surface area contributed by atoms with Gasteiger partial charge in [-0.2, -0.15) is 0 Å². The summed E-state index contributed by atoms with van der Waals surface area (Å²) in [5.41, 5.74) is 0.226. The van der Waals surface area contributed by atoms with Crippen LogP contribution in [0.5, 0.6) is 0 Å². The maximum atomic E-state index is 10.9. The van der Waals surface area contributed by atoms with Crippen molar-refractivity contribution in [1.82, 2.24) is 0 Å². The molecule has 1 atom stereocenters. The maximum absolute atomic E-state index is 10.9. The Hall–Kier alpha value is -1.36. The number of carbonyl (C=O) groups is 2. The highest BCUT2D eigenvalue weighted by Gasteiger charge is 2.14. The van der Waals surface area contributed by atoms with Gasteiger partial charge in [0, 0.05) is 5.57 Å². The molecule has 0 fully saturated rings. The topological polar surface area (TPSA) is 72.8 Å². The molecule has 0 radical (unpaired) electrons. The molecule has 0 spiro atoms. The molecule has 0 heterocycles. The van der Waals surface area contributed by atoms with Gasteiger partial charge in [-0.05, 0) is 6.92 Å². The SMILES string of the molecule is C=C(C)C(=O)OC(CO)COC=O. The molecule has 74 valence electrons. The first kappa shape index (κ1) is 11.6. The normalized spacial score (nSPS) is 11.5. The predicted molar refractivity (Wildman–Crippen MR) is 43.8 cm³/mol. The van der Waals surface area contributed by atoms with Gasteiger partial charge in [0.05, 0.1) is 6.61 Å². The van der Waals surface area contributed by atoms with Gasteiger partial charge in [0.1, 0.15) is 6.61 Å². The standard InChI is InChI=1S/C8H12O5/c1-6(2)8(11)13-7(3-9)4-12-5-10/h5,7,9H,1,3-4H2,2H3. The van der Waals surface area contributed by atoms with Crippen LogP contribution in [0.25, 0.3) is 0 Å². The summed E-state index contributed by atoms with van der Waals surface area (Å²) in [5.74, 6) is -0.617. The Labute approximate surface area is 75.9 Å². The van der Waals surface area contributed by atoms with Crippen LogP contribution >= 0.6 is 0 Å². The molecule has 0 aromatic heterocycles. The van der Waals surface area contributed by atoms with Crippen LogP contribution in [-0.4, -0.2) is 36.9 Å². The highest BCUT2D eigenvalue weighted by molar-refractivity contribution is 5.87. The Balaban J connectivity index is 3.89. The minimum absolute atomic E-state index is 0.154. The molecule has 1 unspecified atom stereocenters. The van der Waals surface area contributed by atoms with E-state index >= 15 is 0 Å². The fourth-order valence-corrected chi connectivity index (χ4v) is 0.523. The minimum atomic E-state index is -0.825. The fourth-order valence-electron chi connectivity index (χ4n) is 0.523. The van der Waals surface area contributed by atoms with E-state index in [2.05, 4.69) is 11.3 Å². The first-order valence-electron chi connectivity index (χ1n) is 3.64. The van der Waals surface area contributed by atoms with Crippen molar-refractivity contribution in [2.24, 2.45) is 0 Å². The molecule has 0 aromatic rings. The number of ether oxygens (including phenoxy) is 2. The molecule has 0 aromatic carbocycles. The van der Waals surface area contributed by atoms with Crippen molar-refractivity contribution in [1.29, 1.82) is 0 Å². The van der Waals surface area contributed by atoms with E-state index in [9.17, 15) is 9.59 Å². The molecular formula is C8H12O5. The van der Waals surface area contributed by atoms with Crippen LogP contribution in [0.1, 0.15) is 6.92 Å². The number of aliphatic hydroxyl groups excluding tert-OH is 1. The lowest BCUT2D eigenvalue weighted by atomic mass is 10.3. The number of carbonyl (C=O) groups excluding carboxylic acids is 2. The monoisotopic (exact) mass is 188 g/mol. The summed E-state index contributed by atoms with van der Waals surface area (Å²) in [6.45, 7) is 4.51. The smallest absolute Gasteiger partial charge is 0.333 e. The highest BCUT2D eigenvalue weighted by atomic mass is 16.6. The summed E-state index contributed by atoms with van der Waals surface area (Å²) in [6.07, 6.45) is -0.825. The molecule has 13 heavy (non-hydrogen) atoms. The second-order valence-corrected chi connectivity index (χ2v) is 2.42. The molecule has 0 amide bonds. The third-order valence-corrected chi connectivity index (χ3v) is 1.18. The van der Waals surface area contributed by atoms with Crippen molar-refractivity contribution in [3.63, 3.8) is 0 Å². The summed E-state index contributed by atoms with van der Waals surface area (Å²) in [4.78, 5) is 20.7. The van der Waals surface area contributed by atoms with E-state index in [1.165, 1.54) is 6.92 Å². The van der Waals surface area contributed by atoms with E-state index in [0.29, 0.717) is 0 Å². The Bertz CT molecular complexity index is 199. The zero-order valence-electron chi connectivity index (χ0n) is 7.36. The quantitative estimate of drug-likeness (QED) is 0.350. The van der Waals surface area contributed by atoms with Crippen LogP contribution in [0, 0.1) is 0 Å². The van der Waals surface area contributed by atoms with Crippen molar-refractivity contribution < 1.29 is 24.2 Å². The van der Waals surface area contributed by atoms with Gasteiger partial charge in [0.25, 0.3) is 6.47 Å². The van der Waals surface area contributed by atoms with Crippen LogP contribution in [-0.2, 0) is 19.1 Å². The molecule has 5 nitrogen and oxygen atoms in total. The van der Waals surface area contributed by atoms with E-state index in [1.807, 2.05) is 0 Å². The van der Waals surface area contributed by atoms with Crippen LogP contribution < -0.4 is 0 Å². The fraction of sp³-hybridized carbons (Fsp3) is 0.500. The number of rotatable bonds is 6. The van der Waals surface area contributed by atoms with Gasteiger partial charge in [0.15, 0.2) is 6.10 Å². The summed E-state index contributed by atoms with van der Waals surface area (Å²) >= 11 is 0. The van der Waals surface area contributed by atoms with Gasteiger partial charge in [-0.15, -0.1) is 0 Å². The minimum Gasteiger partial charge on any atom is -0.464 e. The molecule has 0 rings (SSSR count). The number of hydrogen-bond acceptors (Lipinski definition) is 5. The van der Waals surface area contributed by atoms with Gasteiger partial charge in [-0.1, -0.05) is 6.58 Å². The predicted octanol–water partition coefficient (Wildman–Crippen LogP) is -0.360. The molecule has 0 aliphatic carbocycles. The molecule has 0 saturated heterocycles. The van der Waals surface area contributed by atoms with Crippen molar-refractivity contribution in [3.05, 3.63) is 12.2 Å². The first-order chi connectivity index (χ1) is 6.11. The van der Waals surface area contributed by atoms with Gasteiger partial charge in [-0.25, -0.2) is 4.79 Å². The molecular weight excluding hydrogens is 176 g/mol. The largest absolute Gasteiger partial charge is 0.464 e. The second kappa shape index (κ2) is 6.19. The summed E-state index contributed by atoms with van der Waals surface area (Å²) in [5, 5.41) is 8.68. The summed E-state index contributed by atoms with van der Waals surface area (Å²) in [6, 6.07) is 0. The van der Waals surface area contributed by atoms with Gasteiger partial charge in [-0.3, -0.25) is 4.79 Å². The van der Waals surface area contributed by atoms with E-state index in [-0.39, 0.29) is 18.7 Å². The molecule has 5 heteroatoms. The second-order valence-electron chi connectivity index (χ2n) is 2.42. The maximum Gasteiger partial charge on any atom is 0.333 e. The highest BCUT2D eigenvalue weighted by Crippen LogP contribution is 1.98. The van der Waals surface area contributed by atoms with Crippen molar-refractivity contribution in [2.75, 3.05) is 13.2 Å². The number of hydrogen-bond donors (Lipinski definition) is 1. The van der Waals surface area contributed by atoms with Crippen molar-refractivity contribution >= 4 is 12.4 Å². The zero-order valence-corrected chi connectivity index (χ0v) is 7.36. The molecule has 1 N–H and O–H groups in total. The van der Waals surface area contributed by atoms with E-state index in [0.717, 1.165) is 0 Å². The average molecular weight is 188 g/mol. The number of aliphatic hydroxyl groups is 1. The van der Waals surface area contributed by atoms with Crippen molar-refractivity contribution in [2.45, 2.75) is 13.0 Å². The van der Waals surface area contributed by atoms with E-state index in [1.54, 1.807) is 0 Å². The summed E-state index contributed by atoms with van der Waals surface area (Å²) in [7, 11) is 0. The number of esters is 1. The first-order valence-corrected chi connectivity index (χ1v) is 3.64. The van der Waals surface area contributed by atoms with E-state index in [4.69, 9.17) is 9.84 Å². The van der Waals surface area contributed by atoms with Crippen LogP contribution in [0.4, 0.5) is 0 Å². The summed E-state index contributed by atoms with van der Waals surface area (Å²) < 4.78 is 9.01. The van der Waals surface area contributed by atoms with Gasteiger partial charge in [0.2, 0.25) is 0 Å². The molecule has 0 aliphatic rings. The molecule has 0 aliphatic heterocycles. The lowest BCUT2D eigenvalue weighted by Gasteiger charge is -2.13. The van der Waals surface area contributed by atoms with Crippen LogP contribution in [0.15, 0.2) is 12.2 Å².